The van der Waals surface area contributed by atoms with Gasteiger partial charge in [0, 0.05) is 22.9 Å². The topological polar surface area (TPSA) is 79.5 Å². The van der Waals surface area contributed by atoms with Crippen molar-refractivity contribution in [3.05, 3.63) is 102 Å². The molecule has 29 heavy (non-hydrogen) atoms. The minimum Gasteiger partial charge on any atom is -0.508 e. The van der Waals surface area contributed by atoms with Gasteiger partial charge in [-0.15, -0.1) is 0 Å². The van der Waals surface area contributed by atoms with E-state index < -0.39 is 5.91 Å². The molecule has 1 heterocycles. The van der Waals surface area contributed by atoms with Gasteiger partial charge in [0.05, 0.1) is 11.9 Å². The fraction of sp³-hybridized carbons (Fsp3) is 0. The molecule has 0 bridgehead atoms. The Kier molecular flexibility index (Phi) is 5.16. The first-order valence-corrected chi connectivity index (χ1v) is 9.04. The normalized spacial score (nSPS) is 10.9. The number of aromatic hydroxyl groups is 1. The Morgan fingerprint density at radius 2 is 1.69 bits per heavy atom. The molecule has 6 nitrogen and oxygen atoms in total. The van der Waals surface area contributed by atoms with Gasteiger partial charge in [-0.25, -0.2) is 10.1 Å². The number of nitrogens with zero attached hydrogens (tertiary/aromatic N) is 3. The maximum atomic E-state index is 12.2. The first-order chi connectivity index (χ1) is 14.2. The van der Waals surface area contributed by atoms with Gasteiger partial charge in [0.15, 0.2) is 0 Å². The van der Waals surface area contributed by atoms with Gasteiger partial charge in [-0.3, -0.25) is 4.79 Å². The number of carbonyl (C=O) groups excluding carboxylic acids is 1. The predicted molar refractivity (Wildman–Crippen MR) is 112 cm³/mol. The van der Waals surface area contributed by atoms with E-state index in [4.69, 9.17) is 5.10 Å². The first-order valence-electron chi connectivity index (χ1n) is 9.04. The lowest BCUT2D eigenvalue weighted by Gasteiger charge is -2.01. The summed E-state index contributed by atoms with van der Waals surface area (Å²) in [4.78, 5) is 12.2. The van der Waals surface area contributed by atoms with Crippen LogP contribution in [-0.2, 0) is 0 Å². The van der Waals surface area contributed by atoms with E-state index in [-0.39, 0.29) is 5.75 Å². The Labute approximate surface area is 167 Å². The van der Waals surface area contributed by atoms with Gasteiger partial charge < -0.3 is 5.11 Å². The molecule has 0 unspecified atom stereocenters. The number of hydrogen-bond acceptors (Lipinski definition) is 4. The molecule has 142 valence electrons. The van der Waals surface area contributed by atoms with Crippen LogP contribution in [-0.4, -0.2) is 27.0 Å². The largest absolute Gasteiger partial charge is 0.508 e. The third-order valence-electron chi connectivity index (χ3n) is 4.29. The minimum atomic E-state index is -0.408. The zero-order chi connectivity index (χ0) is 20.1. The number of rotatable bonds is 5. The summed E-state index contributed by atoms with van der Waals surface area (Å²) in [5.74, 6) is -0.383. The lowest BCUT2D eigenvalue weighted by atomic mass is 10.1. The van der Waals surface area contributed by atoms with E-state index in [1.807, 2.05) is 66.9 Å². The molecule has 0 fully saturated rings. The van der Waals surface area contributed by atoms with Crippen molar-refractivity contribution in [3.8, 4) is 22.7 Å². The molecule has 0 aliphatic heterocycles. The number of hydrazone groups is 1. The summed E-state index contributed by atoms with van der Waals surface area (Å²) < 4.78 is 1.78. The van der Waals surface area contributed by atoms with E-state index in [0.717, 1.165) is 22.5 Å². The van der Waals surface area contributed by atoms with Crippen molar-refractivity contribution in [2.45, 2.75) is 0 Å². The summed E-state index contributed by atoms with van der Waals surface area (Å²) in [7, 11) is 0. The van der Waals surface area contributed by atoms with Crippen LogP contribution in [0.1, 0.15) is 15.9 Å². The number of amides is 1. The Hall–Kier alpha value is -4.19. The number of phenols is 1. The summed E-state index contributed by atoms with van der Waals surface area (Å²) in [6.07, 6.45) is 3.43. The van der Waals surface area contributed by atoms with Gasteiger partial charge in [-0.2, -0.15) is 10.2 Å². The number of benzene rings is 3. The molecular formula is C23H18N4O2. The average Bonchev–Trinajstić information content (AvgIpc) is 3.19. The molecule has 6 heteroatoms. The maximum Gasteiger partial charge on any atom is 0.271 e. The Morgan fingerprint density at radius 3 is 2.41 bits per heavy atom. The predicted octanol–water partition coefficient (Wildman–Crippen LogP) is 4.01. The molecular weight excluding hydrogens is 364 g/mol. The van der Waals surface area contributed by atoms with Crippen molar-refractivity contribution in [1.29, 1.82) is 0 Å². The van der Waals surface area contributed by atoms with Crippen molar-refractivity contribution in [3.63, 3.8) is 0 Å². The molecule has 0 aliphatic rings. The first kappa shape index (κ1) is 18.2. The quantitative estimate of drug-likeness (QED) is 0.404. The monoisotopic (exact) mass is 382 g/mol. The second-order valence-electron chi connectivity index (χ2n) is 6.33. The third-order valence-corrected chi connectivity index (χ3v) is 4.29. The van der Waals surface area contributed by atoms with Gasteiger partial charge >= 0.3 is 0 Å². The SMILES string of the molecule is O=C(NN=Cc1cn(-c2ccccc2)nc1-c1ccccc1)c1cccc(O)c1. The second-order valence-corrected chi connectivity index (χ2v) is 6.33. The van der Waals surface area contributed by atoms with Crippen LogP contribution in [0, 0.1) is 0 Å². The molecule has 0 atom stereocenters. The second kappa shape index (κ2) is 8.22. The molecule has 1 amide bonds. The molecule has 4 aromatic rings. The van der Waals surface area contributed by atoms with Crippen LogP contribution in [0.15, 0.2) is 96.2 Å². The minimum absolute atomic E-state index is 0.0251. The van der Waals surface area contributed by atoms with Crippen molar-refractivity contribution in [2.24, 2.45) is 5.10 Å². The summed E-state index contributed by atoms with van der Waals surface area (Å²) in [6.45, 7) is 0. The van der Waals surface area contributed by atoms with Crippen LogP contribution in [0.2, 0.25) is 0 Å². The van der Waals surface area contributed by atoms with E-state index in [0.29, 0.717) is 5.56 Å². The number of carbonyl (C=O) groups is 1. The summed E-state index contributed by atoms with van der Waals surface area (Å²) in [6, 6.07) is 25.6. The highest BCUT2D eigenvalue weighted by Crippen LogP contribution is 2.22. The molecule has 0 saturated carbocycles. The number of para-hydroxylation sites is 1. The fourth-order valence-corrected chi connectivity index (χ4v) is 2.89. The zero-order valence-corrected chi connectivity index (χ0v) is 15.4. The van der Waals surface area contributed by atoms with Crippen molar-refractivity contribution in [2.75, 3.05) is 0 Å². The zero-order valence-electron chi connectivity index (χ0n) is 15.4. The maximum absolute atomic E-state index is 12.2. The summed E-state index contributed by atoms with van der Waals surface area (Å²) >= 11 is 0. The summed E-state index contributed by atoms with van der Waals surface area (Å²) in [5.41, 5.74) is 6.20. The lowest BCUT2D eigenvalue weighted by Crippen LogP contribution is -2.17. The van der Waals surface area contributed by atoms with Crippen LogP contribution in [0.25, 0.3) is 16.9 Å². The van der Waals surface area contributed by atoms with E-state index >= 15 is 0 Å². The number of nitrogens with one attached hydrogen (secondary N) is 1. The van der Waals surface area contributed by atoms with Gasteiger partial charge in [-0.05, 0) is 30.3 Å². The Morgan fingerprint density at radius 1 is 0.966 bits per heavy atom. The highest BCUT2D eigenvalue weighted by Gasteiger charge is 2.11. The highest BCUT2D eigenvalue weighted by molar-refractivity contribution is 5.96. The fourth-order valence-electron chi connectivity index (χ4n) is 2.89. The van der Waals surface area contributed by atoms with Crippen LogP contribution in [0.4, 0.5) is 0 Å². The van der Waals surface area contributed by atoms with Gasteiger partial charge in [0.25, 0.3) is 5.91 Å². The van der Waals surface area contributed by atoms with Crippen molar-refractivity contribution in [1.82, 2.24) is 15.2 Å². The van der Waals surface area contributed by atoms with Gasteiger partial charge in [0.2, 0.25) is 0 Å². The van der Waals surface area contributed by atoms with Crippen molar-refractivity contribution >= 4 is 12.1 Å². The summed E-state index contributed by atoms with van der Waals surface area (Å²) in [5, 5.41) is 18.3. The Bertz CT molecular complexity index is 1150. The highest BCUT2D eigenvalue weighted by atomic mass is 16.3. The van der Waals surface area contributed by atoms with Crippen LogP contribution in [0.3, 0.4) is 0 Å². The molecule has 4 rings (SSSR count). The van der Waals surface area contributed by atoms with E-state index in [1.54, 1.807) is 23.0 Å². The van der Waals surface area contributed by atoms with Gasteiger partial charge in [-0.1, -0.05) is 54.6 Å². The molecule has 0 aliphatic carbocycles. The van der Waals surface area contributed by atoms with Gasteiger partial charge in [0.1, 0.15) is 11.4 Å². The molecule has 3 aromatic carbocycles. The van der Waals surface area contributed by atoms with Crippen LogP contribution >= 0.6 is 0 Å². The number of phenolic OH excluding ortho intramolecular Hbond substituents is 1. The molecule has 0 saturated heterocycles. The number of hydrogen-bond donors (Lipinski definition) is 2. The smallest absolute Gasteiger partial charge is 0.271 e. The molecule has 1 aromatic heterocycles. The van der Waals surface area contributed by atoms with E-state index in [1.165, 1.54) is 12.1 Å². The van der Waals surface area contributed by atoms with Crippen LogP contribution in [0.5, 0.6) is 5.75 Å². The third kappa shape index (κ3) is 4.22. The average molecular weight is 382 g/mol. The molecule has 2 N–H and O–H groups in total. The Balaban J connectivity index is 1.62. The molecule has 0 radical (unpaired) electrons. The van der Waals surface area contributed by atoms with E-state index in [2.05, 4.69) is 10.5 Å². The van der Waals surface area contributed by atoms with E-state index in [9.17, 15) is 9.90 Å². The van der Waals surface area contributed by atoms with Crippen LogP contribution < -0.4 is 5.43 Å². The van der Waals surface area contributed by atoms with Crippen molar-refractivity contribution < 1.29 is 9.90 Å². The molecule has 0 spiro atoms. The lowest BCUT2D eigenvalue weighted by molar-refractivity contribution is 0.0954. The number of aromatic nitrogens is 2. The standard InChI is InChI=1S/C23H18N4O2/c28-21-13-7-10-18(14-21)23(29)25-24-15-19-16-27(20-11-5-2-6-12-20)26-22(19)17-8-3-1-4-9-17/h1-16,28H,(H,25,29).